The van der Waals surface area contributed by atoms with Gasteiger partial charge in [0.05, 0.1) is 0 Å². The highest BCUT2D eigenvalue weighted by molar-refractivity contribution is 6.33. The van der Waals surface area contributed by atoms with Gasteiger partial charge in [-0.2, -0.15) is 0 Å². The Hall–Kier alpha value is -1.80. The highest BCUT2D eigenvalue weighted by Gasteiger charge is 2.07. The van der Waals surface area contributed by atoms with Gasteiger partial charge in [0.15, 0.2) is 0 Å². The van der Waals surface area contributed by atoms with Gasteiger partial charge in [-0.3, -0.25) is 4.79 Å². The molecule has 0 aliphatic rings. The van der Waals surface area contributed by atoms with Crippen LogP contribution in [0.25, 0.3) is 11.1 Å². The Labute approximate surface area is 117 Å². The summed E-state index contributed by atoms with van der Waals surface area (Å²) < 4.78 is 0. The van der Waals surface area contributed by atoms with Crippen molar-refractivity contribution in [3.8, 4) is 11.1 Å². The van der Waals surface area contributed by atoms with Crippen molar-refractivity contribution in [3.05, 3.63) is 58.6 Å². The van der Waals surface area contributed by atoms with Crippen molar-refractivity contribution >= 4 is 17.6 Å². The van der Waals surface area contributed by atoms with Crippen molar-refractivity contribution < 1.29 is 9.90 Å². The molecule has 2 rings (SSSR count). The molecule has 2 nitrogen and oxygen atoms in total. The Morgan fingerprint density at radius 2 is 1.89 bits per heavy atom. The van der Waals surface area contributed by atoms with Gasteiger partial charge in [-0.25, -0.2) is 0 Å². The number of carbonyl (C=O) groups is 1. The van der Waals surface area contributed by atoms with Crippen LogP contribution in [0.5, 0.6) is 0 Å². The van der Waals surface area contributed by atoms with Crippen LogP contribution in [0.15, 0.2) is 42.5 Å². The van der Waals surface area contributed by atoms with Crippen LogP contribution in [0.4, 0.5) is 0 Å². The molecule has 19 heavy (non-hydrogen) atoms. The molecule has 3 heteroatoms. The number of aliphatic carboxylic acids is 1. The maximum atomic E-state index is 10.6. The van der Waals surface area contributed by atoms with Crippen molar-refractivity contribution in [1.82, 2.24) is 0 Å². The molecule has 0 unspecified atom stereocenters. The average Bonchev–Trinajstić information content (AvgIpc) is 2.38. The first-order chi connectivity index (χ1) is 9.08. The number of hydrogen-bond acceptors (Lipinski definition) is 1. The summed E-state index contributed by atoms with van der Waals surface area (Å²) in [6.45, 7) is 2.03. The van der Waals surface area contributed by atoms with Crippen LogP contribution in [0.2, 0.25) is 5.02 Å². The molecule has 0 radical (unpaired) electrons. The predicted octanol–water partition coefficient (Wildman–Crippen LogP) is 4.33. The number of halogens is 1. The first kappa shape index (κ1) is 13.6. The van der Waals surface area contributed by atoms with Gasteiger partial charge in [0.1, 0.15) is 0 Å². The zero-order valence-electron chi connectivity index (χ0n) is 10.7. The Kier molecular flexibility index (Phi) is 4.23. The minimum absolute atomic E-state index is 0.144. The summed E-state index contributed by atoms with van der Waals surface area (Å²) in [6, 6.07) is 13.7. The monoisotopic (exact) mass is 274 g/mol. The lowest BCUT2D eigenvalue weighted by Crippen LogP contribution is -1.98. The van der Waals surface area contributed by atoms with Crippen LogP contribution >= 0.6 is 11.6 Å². The van der Waals surface area contributed by atoms with Crippen LogP contribution in [-0.2, 0) is 11.2 Å². The molecule has 0 spiro atoms. The van der Waals surface area contributed by atoms with Crippen molar-refractivity contribution in [2.45, 2.75) is 19.8 Å². The fraction of sp³-hybridized carbons (Fsp3) is 0.188. The van der Waals surface area contributed by atoms with Crippen LogP contribution in [-0.4, -0.2) is 11.1 Å². The van der Waals surface area contributed by atoms with E-state index in [0.29, 0.717) is 11.4 Å². The Morgan fingerprint density at radius 3 is 2.58 bits per heavy atom. The fourth-order valence-electron chi connectivity index (χ4n) is 2.05. The Balaban J connectivity index is 2.37. The van der Waals surface area contributed by atoms with E-state index in [-0.39, 0.29) is 6.42 Å². The van der Waals surface area contributed by atoms with Gasteiger partial charge in [0.25, 0.3) is 0 Å². The first-order valence-corrected chi connectivity index (χ1v) is 6.52. The lowest BCUT2D eigenvalue weighted by atomic mass is 9.96. The maximum absolute atomic E-state index is 10.6. The van der Waals surface area contributed by atoms with E-state index < -0.39 is 5.97 Å². The average molecular weight is 275 g/mol. The predicted molar refractivity (Wildman–Crippen MR) is 77.6 cm³/mol. The van der Waals surface area contributed by atoms with E-state index in [1.807, 2.05) is 49.4 Å². The van der Waals surface area contributed by atoms with E-state index in [1.54, 1.807) is 0 Å². The van der Waals surface area contributed by atoms with Crippen LogP contribution in [0, 0.1) is 6.92 Å². The summed E-state index contributed by atoms with van der Waals surface area (Å²) in [7, 11) is 0. The molecule has 0 aromatic heterocycles. The van der Waals surface area contributed by atoms with Crippen LogP contribution in [0.1, 0.15) is 17.5 Å². The second-order valence-corrected chi connectivity index (χ2v) is 4.93. The van der Waals surface area contributed by atoms with E-state index in [1.165, 1.54) is 0 Å². The van der Waals surface area contributed by atoms with Crippen LogP contribution in [0.3, 0.4) is 0 Å². The summed E-state index contributed by atoms with van der Waals surface area (Å²) in [5.74, 6) is -0.778. The third kappa shape index (κ3) is 3.36. The third-order valence-corrected chi connectivity index (χ3v) is 3.42. The molecular weight excluding hydrogens is 260 g/mol. The van der Waals surface area contributed by atoms with Gasteiger partial charge in [-0.05, 0) is 36.1 Å². The Bertz CT molecular complexity index is 605. The molecule has 0 fully saturated rings. The molecule has 0 heterocycles. The first-order valence-electron chi connectivity index (χ1n) is 6.14. The minimum Gasteiger partial charge on any atom is -0.481 e. The molecule has 98 valence electrons. The van der Waals surface area contributed by atoms with E-state index >= 15 is 0 Å². The second kappa shape index (κ2) is 5.89. The van der Waals surface area contributed by atoms with Gasteiger partial charge in [0.2, 0.25) is 0 Å². The molecule has 0 amide bonds. The zero-order valence-corrected chi connectivity index (χ0v) is 11.4. The van der Waals surface area contributed by atoms with E-state index in [0.717, 1.165) is 22.3 Å². The number of benzene rings is 2. The molecule has 0 aliphatic heterocycles. The van der Waals surface area contributed by atoms with Crippen molar-refractivity contribution in [3.63, 3.8) is 0 Å². The third-order valence-electron chi connectivity index (χ3n) is 3.09. The fourth-order valence-corrected chi connectivity index (χ4v) is 2.28. The number of hydrogen-bond donors (Lipinski definition) is 1. The lowest BCUT2D eigenvalue weighted by Gasteiger charge is -2.10. The summed E-state index contributed by atoms with van der Waals surface area (Å²) in [5, 5.41) is 9.45. The van der Waals surface area contributed by atoms with E-state index in [4.69, 9.17) is 16.7 Å². The van der Waals surface area contributed by atoms with Gasteiger partial charge in [-0.1, -0.05) is 48.0 Å². The van der Waals surface area contributed by atoms with Gasteiger partial charge in [-0.15, -0.1) is 0 Å². The molecule has 2 aromatic carbocycles. The van der Waals surface area contributed by atoms with Crippen molar-refractivity contribution in [2.24, 2.45) is 0 Å². The highest BCUT2D eigenvalue weighted by Crippen LogP contribution is 2.31. The molecule has 0 saturated carbocycles. The molecule has 1 N–H and O–H groups in total. The largest absolute Gasteiger partial charge is 0.481 e. The molecule has 0 saturated heterocycles. The van der Waals surface area contributed by atoms with Gasteiger partial charge in [0, 0.05) is 17.0 Å². The smallest absolute Gasteiger partial charge is 0.303 e. The maximum Gasteiger partial charge on any atom is 0.303 e. The molecular formula is C16H15ClO2. The second-order valence-electron chi connectivity index (χ2n) is 4.52. The molecule has 2 aromatic rings. The number of rotatable bonds is 4. The summed E-state index contributed by atoms with van der Waals surface area (Å²) in [6.07, 6.45) is 0.679. The number of aryl methyl sites for hydroxylation is 2. The van der Waals surface area contributed by atoms with Gasteiger partial charge >= 0.3 is 5.97 Å². The summed E-state index contributed by atoms with van der Waals surface area (Å²) >= 11 is 6.22. The van der Waals surface area contributed by atoms with Crippen molar-refractivity contribution in [1.29, 1.82) is 0 Å². The quantitative estimate of drug-likeness (QED) is 0.901. The SMILES string of the molecule is Cc1ccc(CCC(=O)O)cc1-c1ccccc1Cl. The minimum atomic E-state index is -0.778. The molecule has 0 aliphatic carbocycles. The van der Waals surface area contributed by atoms with Crippen molar-refractivity contribution in [2.75, 3.05) is 0 Å². The van der Waals surface area contributed by atoms with E-state index in [9.17, 15) is 4.79 Å². The summed E-state index contributed by atoms with van der Waals surface area (Å²) in [5.41, 5.74) is 4.20. The van der Waals surface area contributed by atoms with E-state index in [2.05, 4.69) is 0 Å². The summed E-state index contributed by atoms with van der Waals surface area (Å²) in [4.78, 5) is 10.6. The standard InChI is InChI=1S/C16H15ClO2/c1-11-6-7-12(8-9-16(18)19)10-14(11)13-4-2-3-5-15(13)17/h2-7,10H,8-9H2,1H3,(H,18,19). The number of carboxylic acid groups (broad SMARTS) is 1. The number of carboxylic acids is 1. The zero-order chi connectivity index (χ0) is 13.8. The van der Waals surface area contributed by atoms with Crippen LogP contribution < -0.4 is 0 Å². The topological polar surface area (TPSA) is 37.3 Å². The molecule has 0 bridgehead atoms. The van der Waals surface area contributed by atoms with Gasteiger partial charge < -0.3 is 5.11 Å². The molecule has 0 atom stereocenters. The Morgan fingerprint density at radius 1 is 1.16 bits per heavy atom. The normalized spacial score (nSPS) is 10.4. The highest BCUT2D eigenvalue weighted by atomic mass is 35.5. The lowest BCUT2D eigenvalue weighted by molar-refractivity contribution is -0.136.